The number of aryl methyl sites for hydroxylation is 1. The maximum atomic E-state index is 12.9. The Morgan fingerprint density at radius 2 is 1.81 bits per heavy atom. The molecule has 0 saturated carbocycles. The van der Waals surface area contributed by atoms with Gasteiger partial charge in [-0.3, -0.25) is 4.79 Å². The van der Waals surface area contributed by atoms with Crippen molar-refractivity contribution < 1.29 is 14.3 Å². The Labute approximate surface area is 178 Å². The maximum Gasteiger partial charge on any atom is 0.344 e. The predicted molar refractivity (Wildman–Crippen MR) is 120 cm³/mol. The minimum absolute atomic E-state index is 0.219. The Morgan fingerprint density at radius 3 is 2.61 bits per heavy atom. The molecule has 7 heteroatoms. The third-order valence-corrected chi connectivity index (χ3v) is 4.80. The summed E-state index contributed by atoms with van der Waals surface area (Å²) in [5.41, 5.74) is 1.02. The van der Waals surface area contributed by atoms with Crippen molar-refractivity contribution in [2.24, 2.45) is 5.10 Å². The molecular weight excluding hydrogens is 394 g/mol. The van der Waals surface area contributed by atoms with Gasteiger partial charge >= 0.3 is 5.97 Å². The number of aromatic nitrogens is 2. The predicted octanol–water partition coefficient (Wildman–Crippen LogP) is 3.68. The van der Waals surface area contributed by atoms with E-state index in [-0.39, 0.29) is 18.8 Å². The lowest BCUT2D eigenvalue weighted by atomic mass is 10.0. The lowest BCUT2D eigenvalue weighted by Gasteiger charge is -2.12. The molecule has 156 valence electrons. The van der Waals surface area contributed by atoms with Gasteiger partial charge in [0.25, 0.3) is 5.56 Å². The average Bonchev–Trinajstić information content (AvgIpc) is 2.78. The molecule has 0 saturated heterocycles. The highest BCUT2D eigenvalue weighted by atomic mass is 16.6. The number of benzene rings is 3. The molecule has 0 aliphatic heterocycles. The number of ether oxygens (including phenoxy) is 2. The van der Waals surface area contributed by atoms with E-state index < -0.39 is 5.97 Å². The summed E-state index contributed by atoms with van der Waals surface area (Å²) in [5, 5.41) is 6.77. The third-order valence-electron chi connectivity index (χ3n) is 4.80. The van der Waals surface area contributed by atoms with Crippen molar-refractivity contribution in [3.8, 4) is 5.75 Å². The second-order valence-electron chi connectivity index (χ2n) is 6.83. The van der Waals surface area contributed by atoms with E-state index in [1.165, 1.54) is 4.68 Å². The fourth-order valence-electron chi connectivity index (χ4n) is 3.36. The number of esters is 1. The Balaban J connectivity index is 1.79. The van der Waals surface area contributed by atoms with Gasteiger partial charge in [-0.15, -0.1) is 0 Å². The molecule has 0 spiro atoms. The van der Waals surface area contributed by atoms with E-state index in [1.54, 1.807) is 44.3 Å². The fourth-order valence-corrected chi connectivity index (χ4v) is 3.36. The van der Waals surface area contributed by atoms with Gasteiger partial charge in [-0.05, 0) is 42.8 Å². The second-order valence-corrected chi connectivity index (χ2v) is 6.83. The molecule has 31 heavy (non-hydrogen) atoms. The van der Waals surface area contributed by atoms with Crippen LogP contribution in [0.4, 0.5) is 0 Å². The number of fused-ring (bicyclic) bond motifs is 2. The zero-order valence-electron chi connectivity index (χ0n) is 17.2. The van der Waals surface area contributed by atoms with Gasteiger partial charge in [-0.1, -0.05) is 42.5 Å². The molecular formula is C24H21N3O4. The van der Waals surface area contributed by atoms with Gasteiger partial charge in [0, 0.05) is 5.56 Å². The Hall–Kier alpha value is -4.00. The molecule has 0 radical (unpaired) electrons. The molecule has 4 aromatic rings. The van der Waals surface area contributed by atoms with E-state index in [9.17, 15) is 9.59 Å². The summed E-state index contributed by atoms with van der Waals surface area (Å²) in [6.07, 6.45) is 1.56. The Bertz CT molecular complexity index is 1360. The molecule has 0 amide bonds. The molecule has 0 fully saturated rings. The van der Waals surface area contributed by atoms with E-state index in [0.717, 1.165) is 10.8 Å². The fraction of sp³-hybridized carbons (Fsp3) is 0.167. The van der Waals surface area contributed by atoms with Crippen molar-refractivity contribution in [1.82, 2.24) is 9.66 Å². The van der Waals surface area contributed by atoms with Crippen LogP contribution in [0.15, 0.2) is 70.6 Å². The van der Waals surface area contributed by atoms with Gasteiger partial charge in [0.05, 0.1) is 23.7 Å². The van der Waals surface area contributed by atoms with Gasteiger partial charge in [0.2, 0.25) is 0 Å². The summed E-state index contributed by atoms with van der Waals surface area (Å²) in [4.78, 5) is 29.1. The highest BCUT2D eigenvalue weighted by Gasteiger charge is 2.11. The first-order chi connectivity index (χ1) is 15.1. The summed E-state index contributed by atoms with van der Waals surface area (Å²) in [5.74, 6) is 0.480. The normalized spacial score (nSPS) is 11.3. The number of para-hydroxylation sites is 1. The molecule has 3 aromatic carbocycles. The summed E-state index contributed by atoms with van der Waals surface area (Å²) in [7, 11) is 0. The van der Waals surface area contributed by atoms with Gasteiger partial charge < -0.3 is 9.47 Å². The first kappa shape index (κ1) is 20.3. The highest BCUT2D eigenvalue weighted by Crippen LogP contribution is 2.27. The van der Waals surface area contributed by atoms with Crippen molar-refractivity contribution in [1.29, 1.82) is 0 Å². The SMILES string of the molecule is CCOC(=O)COc1ccc2ccccc2c1/C=N\n1c(C)nc2ccccc2c1=O. The molecule has 4 rings (SSSR count). The van der Waals surface area contributed by atoms with Crippen LogP contribution in [0.5, 0.6) is 5.75 Å². The second kappa shape index (κ2) is 8.79. The number of carbonyl (C=O) groups is 1. The first-order valence-corrected chi connectivity index (χ1v) is 9.91. The minimum atomic E-state index is -0.454. The number of rotatable bonds is 6. The molecule has 1 heterocycles. The Morgan fingerprint density at radius 1 is 1.06 bits per heavy atom. The minimum Gasteiger partial charge on any atom is -0.481 e. The van der Waals surface area contributed by atoms with E-state index in [2.05, 4.69) is 10.1 Å². The molecule has 0 aliphatic carbocycles. The summed E-state index contributed by atoms with van der Waals surface area (Å²) >= 11 is 0. The van der Waals surface area contributed by atoms with Crippen LogP contribution in [-0.2, 0) is 9.53 Å². The van der Waals surface area contributed by atoms with Gasteiger partial charge in [0.15, 0.2) is 6.61 Å². The average molecular weight is 415 g/mol. The molecule has 0 unspecified atom stereocenters. The molecule has 7 nitrogen and oxygen atoms in total. The van der Waals surface area contributed by atoms with Crippen molar-refractivity contribution in [3.63, 3.8) is 0 Å². The summed E-state index contributed by atoms with van der Waals surface area (Å²) in [6, 6.07) is 18.6. The van der Waals surface area contributed by atoms with Crippen LogP contribution >= 0.6 is 0 Å². The molecule has 1 aromatic heterocycles. The zero-order valence-corrected chi connectivity index (χ0v) is 17.2. The van der Waals surface area contributed by atoms with E-state index in [0.29, 0.717) is 28.0 Å². The van der Waals surface area contributed by atoms with E-state index >= 15 is 0 Å². The molecule has 0 atom stereocenters. The third kappa shape index (κ3) is 4.16. The van der Waals surface area contributed by atoms with Crippen LogP contribution in [0.1, 0.15) is 18.3 Å². The number of hydrogen-bond acceptors (Lipinski definition) is 6. The van der Waals surface area contributed by atoms with Crippen molar-refractivity contribution in [3.05, 3.63) is 82.4 Å². The summed E-state index contributed by atoms with van der Waals surface area (Å²) < 4.78 is 11.9. The van der Waals surface area contributed by atoms with E-state index in [4.69, 9.17) is 9.47 Å². The van der Waals surface area contributed by atoms with Crippen LogP contribution < -0.4 is 10.3 Å². The van der Waals surface area contributed by atoms with Crippen LogP contribution in [0, 0.1) is 6.92 Å². The van der Waals surface area contributed by atoms with Crippen LogP contribution in [0.2, 0.25) is 0 Å². The number of nitrogens with zero attached hydrogens (tertiary/aromatic N) is 3. The monoisotopic (exact) mass is 415 g/mol. The number of carbonyl (C=O) groups excluding carboxylic acids is 1. The van der Waals surface area contributed by atoms with Crippen molar-refractivity contribution >= 4 is 33.9 Å². The van der Waals surface area contributed by atoms with Crippen LogP contribution in [-0.4, -0.2) is 35.1 Å². The quantitative estimate of drug-likeness (QED) is 0.354. The van der Waals surface area contributed by atoms with Crippen LogP contribution in [0.25, 0.3) is 21.7 Å². The lowest BCUT2D eigenvalue weighted by molar-refractivity contribution is -0.145. The van der Waals surface area contributed by atoms with Crippen LogP contribution in [0.3, 0.4) is 0 Å². The summed E-state index contributed by atoms with van der Waals surface area (Å²) in [6.45, 7) is 3.53. The smallest absolute Gasteiger partial charge is 0.344 e. The lowest BCUT2D eigenvalue weighted by Crippen LogP contribution is -2.20. The van der Waals surface area contributed by atoms with Gasteiger partial charge in [0.1, 0.15) is 11.6 Å². The van der Waals surface area contributed by atoms with Gasteiger partial charge in [-0.25, -0.2) is 9.78 Å². The first-order valence-electron chi connectivity index (χ1n) is 9.91. The van der Waals surface area contributed by atoms with Gasteiger partial charge in [-0.2, -0.15) is 9.78 Å². The largest absolute Gasteiger partial charge is 0.481 e. The molecule has 0 N–H and O–H groups in total. The van der Waals surface area contributed by atoms with E-state index in [1.807, 2.05) is 36.4 Å². The van der Waals surface area contributed by atoms with Crippen molar-refractivity contribution in [2.45, 2.75) is 13.8 Å². The standard InChI is InChI=1S/C24H21N3O4/c1-3-30-23(28)15-31-22-13-12-17-8-4-5-9-18(17)20(22)14-25-27-16(2)26-21-11-7-6-10-19(21)24(27)29/h4-14H,3,15H2,1-2H3/b25-14-. The maximum absolute atomic E-state index is 12.9. The topological polar surface area (TPSA) is 82.8 Å². The molecule has 0 bridgehead atoms. The molecule has 0 aliphatic rings. The Kier molecular flexibility index (Phi) is 5.75. The number of hydrogen-bond donors (Lipinski definition) is 0. The van der Waals surface area contributed by atoms with Crippen molar-refractivity contribution in [2.75, 3.05) is 13.2 Å². The highest BCUT2D eigenvalue weighted by molar-refractivity contribution is 6.02. The zero-order chi connectivity index (χ0) is 21.8.